The molecule has 0 radical (unpaired) electrons. The predicted molar refractivity (Wildman–Crippen MR) is 97.9 cm³/mol. The zero-order valence-electron chi connectivity index (χ0n) is 13.2. The highest BCUT2D eigenvalue weighted by atomic mass is 14.9. The fraction of sp³-hybridized carbons (Fsp3) is 0. The van der Waals surface area contributed by atoms with E-state index in [-0.39, 0.29) is 0 Å². The number of rotatable bonds is 1. The Kier molecular flexibility index (Phi) is 2.68. The van der Waals surface area contributed by atoms with E-state index in [0.29, 0.717) is 0 Å². The van der Waals surface area contributed by atoms with Crippen molar-refractivity contribution in [1.29, 1.82) is 0 Å². The van der Waals surface area contributed by atoms with Crippen LogP contribution in [0.1, 0.15) is 5.56 Å². The van der Waals surface area contributed by atoms with E-state index >= 15 is 0 Å². The highest BCUT2D eigenvalue weighted by molar-refractivity contribution is 6.18. The molecule has 0 bridgehead atoms. The topological polar surface area (TPSA) is 8.20 Å². The van der Waals surface area contributed by atoms with Crippen molar-refractivity contribution in [1.82, 2.24) is 0 Å². The molecule has 4 heterocycles. The van der Waals surface area contributed by atoms with Crippen molar-refractivity contribution in [3.05, 3.63) is 91.5 Å². The summed E-state index contributed by atoms with van der Waals surface area (Å²) >= 11 is 0. The van der Waals surface area contributed by atoms with E-state index < -0.39 is 0 Å². The highest BCUT2D eigenvalue weighted by Crippen LogP contribution is 2.29. The average Bonchev–Trinajstić information content (AvgIpc) is 2.66. The van der Waals surface area contributed by atoms with Crippen LogP contribution >= 0.6 is 0 Å². The van der Waals surface area contributed by atoms with Gasteiger partial charge in [0.25, 0.3) is 0 Å². The molecule has 0 amide bonds. The van der Waals surface area contributed by atoms with Crippen molar-refractivity contribution < 1.29 is 8.80 Å². The van der Waals surface area contributed by atoms with Crippen molar-refractivity contribution in [2.75, 3.05) is 0 Å². The molecule has 1 aromatic carbocycles. The van der Waals surface area contributed by atoms with Crippen LogP contribution in [-0.2, 0) is 0 Å². The molecule has 0 saturated heterocycles. The summed E-state index contributed by atoms with van der Waals surface area (Å²) in [5, 5.41) is 5.07. The van der Waals surface area contributed by atoms with Crippen LogP contribution in [0, 0.1) is 0 Å². The fourth-order valence-electron chi connectivity index (χ4n) is 3.57. The summed E-state index contributed by atoms with van der Waals surface area (Å²) in [6.45, 7) is 3.92. The molecule has 2 heteroatoms. The van der Waals surface area contributed by atoms with Crippen molar-refractivity contribution in [2.45, 2.75) is 0 Å². The van der Waals surface area contributed by atoms with Crippen LogP contribution in [0.2, 0.25) is 0 Å². The zero-order valence-corrected chi connectivity index (χ0v) is 13.2. The normalized spacial score (nSPS) is 11.5. The van der Waals surface area contributed by atoms with E-state index in [1.165, 1.54) is 32.6 Å². The van der Waals surface area contributed by atoms with Gasteiger partial charge in [-0.1, -0.05) is 24.8 Å². The van der Waals surface area contributed by atoms with Gasteiger partial charge in [-0.25, -0.2) is 0 Å². The molecule has 0 saturated carbocycles. The largest absolute Gasteiger partial charge is 0.219 e. The third kappa shape index (κ3) is 1.77. The molecule has 5 aromatic rings. The Labute approximate surface area is 139 Å². The maximum absolute atomic E-state index is 3.92. The van der Waals surface area contributed by atoms with Crippen molar-refractivity contribution in [2.24, 2.45) is 0 Å². The first-order valence-electron chi connectivity index (χ1n) is 8.07. The second kappa shape index (κ2) is 4.87. The van der Waals surface area contributed by atoms with Gasteiger partial charge in [-0.3, -0.25) is 0 Å². The van der Waals surface area contributed by atoms with Crippen LogP contribution in [0.5, 0.6) is 0 Å². The minimum Gasteiger partial charge on any atom is -0.167 e. The Morgan fingerprint density at radius 2 is 1.33 bits per heavy atom. The lowest BCUT2D eigenvalue weighted by Crippen LogP contribution is -2.22. The SMILES string of the molecule is C=Cc1cc[n+]2ccc3ccc4cc[n+]5ccccc5c4c3c2c1. The van der Waals surface area contributed by atoms with E-state index in [9.17, 15) is 0 Å². The summed E-state index contributed by atoms with van der Waals surface area (Å²) < 4.78 is 4.36. The summed E-state index contributed by atoms with van der Waals surface area (Å²) in [5.74, 6) is 0. The fourth-order valence-corrected chi connectivity index (χ4v) is 3.57. The standard InChI is InChI=1S/C22H16N2/c1-2-16-8-12-24-14-10-18-7-6-17-9-13-23-11-4-3-5-19(23)21(17)22(18)20(24)15-16/h2-15H,1H2/q+2. The average molecular weight is 308 g/mol. The molecule has 2 nitrogen and oxygen atoms in total. The van der Waals surface area contributed by atoms with E-state index in [1.807, 2.05) is 6.08 Å². The zero-order chi connectivity index (χ0) is 16.1. The second-order valence-corrected chi connectivity index (χ2v) is 6.08. The van der Waals surface area contributed by atoms with Crippen LogP contribution in [-0.4, -0.2) is 0 Å². The number of aromatic nitrogens is 2. The van der Waals surface area contributed by atoms with Crippen molar-refractivity contribution >= 4 is 38.7 Å². The van der Waals surface area contributed by atoms with Crippen LogP contribution in [0.15, 0.2) is 86.0 Å². The van der Waals surface area contributed by atoms with Gasteiger partial charge in [0.15, 0.2) is 24.8 Å². The first-order valence-corrected chi connectivity index (χ1v) is 8.07. The van der Waals surface area contributed by atoms with Gasteiger partial charge in [0, 0.05) is 36.4 Å². The van der Waals surface area contributed by atoms with Gasteiger partial charge in [0.2, 0.25) is 11.0 Å². The Morgan fingerprint density at radius 1 is 0.667 bits per heavy atom. The van der Waals surface area contributed by atoms with Gasteiger partial charge in [0.05, 0.1) is 10.8 Å². The van der Waals surface area contributed by atoms with E-state index in [4.69, 9.17) is 0 Å². The molecule has 0 spiro atoms. The molecule has 24 heavy (non-hydrogen) atoms. The molecule has 5 rings (SSSR count). The van der Waals surface area contributed by atoms with Gasteiger partial charge < -0.3 is 0 Å². The molecule has 0 fully saturated rings. The Bertz CT molecular complexity index is 1260. The van der Waals surface area contributed by atoms with E-state index in [2.05, 4.69) is 94.8 Å². The molecule has 0 aliphatic rings. The van der Waals surface area contributed by atoms with Gasteiger partial charge in [-0.15, -0.1) is 0 Å². The quantitative estimate of drug-likeness (QED) is 0.325. The van der Waals surface area contributed by atoms with E-state index in [0.717, 1.165) is 5.56 Å². The Morgan fingerprint density at radius 3 is 2.08 bits per heavy atom. The Balaban J connectivity index is 2.14. The van der Waals surface area contributed by atoms with Crippen LogP contribution in [0.4, 0.5) is 0 Å². The minimum atomic E-state index is 1.13. The first-order chi connectivity index (χ1) is 11.8. The number of hydrogen-bond donors (Lipinski definition) is 0. The number of benzene rings is 1. The van der Waals surface area contributed by atoms with Gasteiger partial charge in [-0.2, -0.15) is 8.80 Å². The van der Waals surface area contributed by atoms with Crippen LogP contribution < -0.4 is 8.80 Å². The van der Waals surface area contributed by atoms with E-state index in [1.54, 1.807) is 0 Å². The van der Waals surface area contributed by atoms with Crippen molar-refractivity contribution in [3.63, 3.8) is 0 Å². The lowest BCUT2D eigenvalue weighted by Gasteiger charge is -2.05. The minimum absolute atomic E-state index is 1.13. The maximum Gasteiger partial charge on any atom is 0.219 e. The summed E-state index contributed by atoms with van der Waals surface area (Å²) in [5.41, 5.74) is 3.55. The number of hydrogen-bond acceptors (Lipinski definition) is 0. The molecule has 0 N–H and O–H groups in total. The first kappa shape index (κ1) is 13.2. The second-order valence-electron chi connectivity index (χ2n) is 6.08. The summed E-state index contributed by atoms with van der Waals surface area (Å²) in [6.07, 6.45) is 10.3. The van der Waals surface area contributed by atoms with Crippen LogP contribution in [0.3, 0.4) is 0 Å². The highest BCUT2D eigenvalue weighted by Gasteiger charge is 2.16. The molecule has 4 aromatic heterocycles. The lowest BCUT2D eigenvalue weighted by atomic mass is 10.0. The molecule has 112 valence electrons. The number of fused-ring (bicyclic) bond motifs is 7. The number of pyridine rings is 4. The Hall–Kier alpha value is -3.26. The van der Waals surface area contributed by atoms with Crippen LogP contribution in [0.25, 0.3) is 38.7 Å². The molecule has 0 aliphatic heterocycles. The molecular weight excluding hydrogens is 292 g/mol. The lowest BCUT2D eigenvalue weighted by molar-refractivity contribution is -0.511. The van der Waals surface area contributed by atoms with Crippen molar-refractivity contribution in [3.8, 4) is 0 Å². The summed E-state index contributed by atoms with van der Waals surface area (Å²) in [7, 11) is 0. The van der Waals surface area contributed by atoms with Gasteiger partial charge >= 0.3 is 0 Å². The summed E-state index contributed by atoms with van der Waals surface area (Å²) in [6, 6.07) is 19.4. The smallest absolute Gasteiger partial charge is 0.167 e. The predicted octanol–water partition coefficient (Wildman–Crippen LogP) is 4.11. The van der Waals surface area contributed by atoms with Gasteiger partial charge in [-0.05, 0) is 22.4 Å². The maximum atomic E-state index is 3.92. The molecule has 0 atom stereocenters. The molecule has 0 unspecified atom stereocenters. The molecule has 0 aliphatic carbocycles. The monoisotopic (exact) mass is 308 g/mol. The third-order valence-electron chi connectivity index (χ3n) is 4.75. The number of nitrogens with zero attached hydrogens (tertiary/aromatic N) is 2. The molecular formula is C22H16N2+2. The third-order valence-corrected chi connectivity index (χ3v) is 4.75. The van der Waals surface area contributed by atoms with Gasteiger partial charge in [0.1, 0.15) is 0 Å². The summed E-state index contributed by atoms with van der Waals surface area (Å²) in [4.78, 5) is 0.